The van der Waals surface area contributed by atoms with Gasteiger partial charge in [0.05, 0.1) is 18.9 Å². The highest BCUT2D eigenvalue weighted by molar-refractivity contribution is 7.21. The molecule has 9 heteroatoms. The number of benzene rings is 2. The lowest BCUT2D eigenvalue weighted by Crippen LogP contribution is -2.35. The van der Waals surface area contributed by atoms with Crippen LogP contribution >= 0.6 is 11.3 Å². The van der Waals surface area contributed by atoms with Crippen molar-refractivity contribution < 1.29 is 13.9 Å². The number of nitrogens with zero attached hydrogens (tertiary/aromatic N) is 4. The topological polar surface area (TPSA) is 93.4 Å². The average molecular weight is 472 g/mol. The zero-order valence-corrected chi connectivity index (χ0v) is 19.0. The van der Waals surface area contributed by atoms with Crippen LogP contribution in [0.25, 0.3) is 32.0 Å². The first-order chi connectivity index (χ1) is 16.7. The smallest absolute Gasteiger partial charge is 0.311 e. The molecule has 1 aliphatic rings. The first kappa shape index (κ1) is 20.9. The van der Waals surface area contributed by atoms with Gasteiger partial charge in [0, 0.05) is 31.4 Å². The first-order valence-corrected chi connectivity index (χ1v) is 11.9. The average Bonchev–Trinajstić information content (AvgIpc) is 3.49. The Labute approximate surface area is 199 Å². The molecule has 4 heterocycles. The van der Waals surface area contributed by atoms with E-state index in [2.05, 4.69) is 26.3 Å². The minimum atomic E-state index is -0.407. The number of fused-ring (bicyclic) bond motifs is 2. The number of hydrogen-bond donors (Lipinski definition) is 1. The van der Waals surface area contributed by atoms with Crippen LogP contribution in [0.15, 0.2) is 65.2 Å². The number of pyridine rings is 1. The van der Waals surface area contributed by atoms with Crippen molar-refractivity contribution in [1.29, 1.82) is 0 Å². The lowest BCUT2D eigenvalue weighted by molar-refractivity contribution is 0.0341. The third-order valence-electron chi connectivity index (χ3n) is 5.71. The quantitative estimate of drug-likeness (QED) is 0.401. The van der Waals surface area contributed by atoms with Crippen molar-refractivity contribution in [3.05, 3.63) is 72.2 Å². The van der Waals surface area contributed by atoms with Crippen LogP contribution in [0.3, 0.4) is 0 Å². The monoisotopic (exact) mass is 471 g/mol. The molecule has 0 saturated carbocycles. The van der Waals surface area contributed by atoms with Crippen LogP contribution in [0.1, 0.15) is 16.2 Å². The standard InChI is InChI=1S/C25H21N5O3S/c31-22(23-28-19-7-3-4-8-21(19)33-23)27-18-6-2-1-5-17(18)24-29-20-13-16(14-26-25(20)34-24)15-30-9-11-32-12-10-30/h1-8,13-14H,9-12,15H2,(H,27,31). The van der Waals surface area contributed by atoms with Gasteiger partial charge >= 0.3 is 5.91 Å². The number of para-hydroxylation sites is 3. The molecule has 0 radical (unpaired) electrons. The number of aromatic nitrogens is 3. The molecule has 1 fully saturated rings. The fraction of sp³-hybridized carbons (Fsp3) is 0.200. The van der Waals surface area contributed by atoms with Crippen molar-refractivity contribution in [2.75, 3.05) is 31.6 Å². The molecule has 1 N–H and O–H groups in total. The van der Waals surface area contributed by atoms with Crippen LogP contribution in [0.4, 0.5) is 5.69 Å². The van der Waals surface area contributed by atoms with Crippen molar-refractivity contribution in [2.24, 2.45) is 0 Å². The van der Waals surface area contributed by atoms with Gasteiger partial charge in [0.15, 0.2) is 5.58 Å². The summed E-state index contributed by atoms with van der Waals surface area (Å²) < 4.78 is 11.0. The molecule has 170 valence electrons. The molecule has 0 atom stereocenters. The number of rotatable bonds is 5. The van der Waals surface area contributed by atoms with Crippen LogP contribution in [-0.2, 0) is 11.3 Å². The lowest BCUT2D eigenvalue weighted by Gasteiger charge is -2.26. The van der Waals surface area contributed by atoms with Crippen LogP contribution in [0.2, 0.25) is 0 Å². The van der Waals surface area contributed by atoms with E-state index in [0.717, 1.165) is 59.3 Å². The van der Waals surface area contributed by atoms with Crippen molar-refractivity contribution in [1.82, 2.24) is 19.9 Å². The summed E-state index contributed by atoms with van der Waals surface area (Å²) in [4.78, 5) is 29.8. The van der Waals surface area contributed by atoms with E-state index in [1.807, 2.05) is 48.7 Å². The molecule has 8 nitrogen and oxygen atoms in total. The minimum absolute atomic E-state index is 0.0229. The molecule has 0 bridgehead atoms. The molecule has 0 aliphatic carbocycles. The van der Waals surface area contributed by atoms with Gasteiger partial charge < -0.3 is 14.5 Å². The fourth-order valence-electron chi connectivity index (χ4n) is 4.01. The molecule has 0 unspecified atom stereocenters. The van der Waals surface area contributed by atoms with Gasteiger partial charge in [-0.3, -0.25) is 9.69 Å². The molecule has 0 spiro atoms. The van der Waals surface area contributed by atoms with Gasteiger partial charge in [-0.05, 0) is 35.9 Å². The predicted octanol–water partition coefficient (Wildman–Crippen LogP) is 4.58. The molecule has 6 rings (SSSR count). The summed E-state index contributed by atoms with van der Waals surface area (Å²) in [7, 11) is 0. The number of morpholine rings is 1. The van der Waals surface area contributed by atoms with Gasteiger partial charge in [0.25, 0.3) is 5.89 Å². The Balaban J connectivity index is 1.27. The largest absolute Gasteiger partial charge is 0.432 e. The van der Waals surface area contributed by atoms with Gasteiger partial charge in [-0.15, -0.1) is 0 Å². The van der Waals surface area contributed by atoms with Crippen molar-refractivity contribution in [3.63, 3.8) is 0 Å². The minimum Gasteiger partial charge on any atom is -0.432 e. The van der Waals surface area contributed by atoms with E-state index in [1.165, 1.54) is 11.3 Å². The van der Waals surface area contributed by atoms with E-state index < -0.39 is 5.91 Å². The highest BCUT2D eigenvalue weighted by atomic mass is 32.1. The zero-order chi connectivity index (χ0) is 22.9. The molecular formula is C25H21N5O3S. The van der Waals surface area contributed by atoms with Crippen LogP contribution in [-0.4, -0.2) is 52.1 Å². The number of nitrogens with one attached hydrogen (secondary N) is 1. The van der Waals surface area contributed by atoms with E-state index in [-0.39, 0.29) is 5.89 Å². The number of anilines is 1. The number of hydrogen-bond acceptors (Lipinski definition) is 8. The summed E-state index contributed by atoms with van der Waals surface area (Å²) in [6.07, 6.45) is 1.92. The number of carbonyl (C=O) groups excluding carboxylic acids is 1. The molecule has 1 amide bonds. The van der Waals surface area contributed by atoms with Crippen molar-refractivity contribution in [3.8, 4) is 10.6 Å². The predicted molar refractivity (Wildman–Crippen MR) is 131 cm³/mol. The first-order valence-electron chi connectivity index (χ1n) is 11.0. The molecule has 34 heavy (non-hydrogen) atoms. The van der Waals surface area contributed by atoms with E-state index in [9.17, 15) is 4.79 Å². The third kappa shape index (κ3) is 4.16. The van der Waals surface area contributed by atoms with Crippen LogP contribution in [0, 0.1) is 0 Å². The maximum Gasteiger partial charge on any atom is 0.311 e. The highest BCUT2D eigenvalue weighted by Gasteiger charge is 2.18. The van der Waals surface area contributed by atoms with Gasteiger partial charge in [0.1, 0.15) is 20.9 Å². The second kappa shape index (κ2) is 8.94. The van der Waals surface area contributed by atoms with E-state index in [1.54, 1.807) is 6.07 Å². The Morgan fingerprint density at radius 2 is 1.85 bits per heavy atom. The Morgan fingerprint density at radius 3 is 2.74 bits per heavy atom. The summed E-state index contributed by atoms with van der Waals surface area (Å²) >= 11 is 1.50. The molecule has 1 aliphatic heterocycles. The Bertz CT molecular complexity index is 1460. The Hall–Kier alpha value is -3.66. The Kier molecular flexibility index (Phi) is 5.50. The summed E-state index contributed by atoms with van der Waals surface area (Å²) in [6, 6.07) is 17.0. The molecule has 5 aromatic rings. The number of carbonyl (C=O) groups is 1. The van der Waals surface area contributed by atoms with Crippen LogP contribution < -0.4 is 5.32 Å². The molecular weight excluding hydrogens is 450 g/mol. The number of amides is 1. The van der Waals surface area contributed by atoms with E-state index in [0.29, 0.717) is 16.8 Å². The van der Waals surface area contributed by atoms with E-state index >= 15 is 0 Å². The second-order valence-electron chi connectivity index (χ2n) is 8.06. The van der Waals surface area contributed by atoms with Crippen LogP contribution in [0.5, 0.6) is 0 Å². The number of oxazole rings is 1. The number of thiazole rings is 1. The van der Waals surface area contributed by atoms with Crippen molar-refractivity contribution >= 4 is 44.4 Å². The SMILES string of the molecule is O=C(Nc1ccccc1-c1nc2cc(CN3CCOCC3)cnc2s1)c1nc2ccccc2o1. The Morgan fingerprint density at radius 1 is 1.03 bits per heavy atom. The zero-order valence-electron chi connectivity index (χ0n) is 18.2. The third-order valence-corrected chi connectivity index (χ3v) is 6.72. The highest BCUT2D eigenvalue weighted by Crippen LogP contribution is 2.34. The molecule has 3 aromatic heterocycles. The van der Waals surface area contributed by atoms with Gasteiger partial charge in [0.2, 0.25) is 0 Å². The fourth-order valence-corrected chi connectivity index (χ4v) is 4.94. The molecule has 2 aromatic carbocycles. The number of ether oxygens (including phenoxy) is 1. The van der Waals surface area contributed by atoms with Gasteiger partial charge in [-0.1, -0.05) is 35.6 Å². The summed E-state index contributed by atoms with van der Waals surface area (Å²) in [5.74, 6) is -0.384. The maximum absolute atomic E-state index is 12.9. The summed E-state index contributed by atoms with van der Waals surface area (Å²) in [6.45, 7) is 4.21. The van der Waals surface area contributed by atoms with Gasteiger partial charge in [-0.25, -0.2) is 15.0 Å². The van der Waals surface area contributed by atoms with E-state index in [4.69, 9.17) is 14.1 Å². The maximum atomic E-state index is 12.9. The van der Waals surface area contributed by atoms with Crippen molar-refractivity contribution in [2.45, 2.75) is 6.54 Å². The summed E-state index contributed by atoms with van der Waals surface area (Å²) in [5, 5.41) is 3.72. The summed E-state index contributed by atoms with van der Waals surface area (Å²) in [5.41, 5.74) is 4.67. The van der Waals surface area contributed by atoms with Gasteiger partial charge in [-0.2, -0.15) is 0 Å². The molecule has 1 saturated heterocycles. The second-order valence-corrected chi connectivity index (χ2v) is 9.04. The normalized spacial score (nSPS) is 14.6. The lowest BCUT2D eigenvalue weighted by atomic mass is 10.2.